The van der Waals surface area contributed by atoms with Crippen molar-refractivity contribution in [3.05, 3.63) is 41.6 Å². The Bertz CT molecular complexity index is 802. The molecule has 26 heavy (non-hydrogen) atoms. The number of anilines is 1. The van der Waals surface area contributed by atoms with Crippen LogP contribution in [0.5, 0.6) is 0 Å². The van der Waals surface area contributed by atoms with E-state index in [0.29, 0.717) is 5.95 Å². The maximum absolute atomic E-state index is 6.21. The van der Waals surface area contributed by atoms with Gasteiger partial charge in [0, 0.05) is 28.8 Å². The van der Waals surface area contributed by atoms with Crippen LogP contribution in [0.4, 0.5) is 5.95 Å². The summed E-state index contributed by atoms with van der Waals surface area (Å²) in [4.78, 5) is 9.50. The Morgan fingerprint density at radius 1 is 1.23 bits per heavy atom. The van der Waals surface area contributed by atoms with Gasteiger partial charge in [0.25, 0.3) is 0 Å². The predicted octanol–water partition coefficient (Wildman–Crippen LogP) is 2.86. The van der Waals surface area contributed by atoms with Gasteiger partial charge >= 0.3 is 0 Å². The minimum absolute atomic E-state index is 0.0788. The first-order valence-corrected chi connectivity index (χ1v) is 9.61. The summed E-state index contributed by atoms with van der Waals surface area (Å²) < 4.78 is 0. The van der Waals surface area contributed by atoms with Crippen molar-refractivity contribution in [2.45, 2.75) is 57.0 Å². The van der Waals surface area contributed by atoms with Crippen molar-refractivity contribution >= 4 is 5.95 Å². The second kappa shape index (κ2) is 6.32. The lowest BCUT2D eigenvalue weighted by molar-refractivity contribution is 0.302. The normalized spacial score (nSPS) is 19.5. The van der Waals surface area contributed by atoms with Crippen LogP contribution in [-0.4, -0.2) is 34.6 Å². The van der Waals surface area contributed by atoms with Crippen molar-refractivity contribution < 1.29 is 0 Å². The van der Waals surface area contributed by atoms with Gasteiger partial charge in [0.15, 0.2) is 0 Å². The fourth-order valence-electron chi connectivity index (χ4n) is 4.18. The number of nitrogens with one attached hydrogen (secondary N) is 2. The van der Waals surface area contributed by atoms with Crippen molar-refractivity contribution in [1.82, 2.24) is 15.3 Å². The van der Waals surface area contributed by atoms with Crippen molar-refractivity contribution in [1.29, 1.82) is 0 Å². The topological polar surface area (TPSA) is 75.9 Å². The fourth-order valence-corrected chi connectivity index (χ4v) is 4.18. The van der Waals surface area contributed by atoms with E-state index in [1.54, 1.807) is 0 Å². The third-order valence-electron chi connectivity index (χ3n) is 6.17. The predicted molar refractivity (Wildman–Crippen MR) is 106 cm³/mol. The summed E-state index contributed by atoms with van der Waals surface area (Å²) in [5.74, 6) is 0.658. The Morgan fingerprint density at radius 2 is 1.96 bits per heavy atom. The van der Waals surface area contributed by atoms with Gasteiger partial charge in [0.1, 0.15) is 0 Å². The van der Waals surface area contributed by atoms with E-state index >= 15 is 0 Å². The summed E-state index contributed by atoms with van der Waals surface area (Å²) in [5, 5.41) is 6.88. The Balaban J connectivity index is 1.74. The average Bonchev–Trinajstić information content (AvgIpc) is 2.63. The zero-order valence-electron chi connectivity index (χ0n) is 16.0. The van der Waals surface area contributed by atoms with Crippen molar-refractivity contribution in [2.75, 3.05) is 18.4 Å². The summed E-state index contributed by atoms with van der Waals surface area (Å²) in [6.07, 6.45) is 5.38. The van der Waals surface area contributed by atoms with Crippen LogP contribution in [0, 0.1) is 0 Å². The number of aromatic nitrogens is 2. The Hall–Kier alpha value is -1.98. The van der Waals surface area contributed by atoms with Crippen LogP contribution in [0.15, 0.2) is 30.5 Å². The van der Waals surface area contributed by atoms with Crippen LogP contribution < -0.4 is 16.4 Å². The van der Waals surface area contributed by atoms with E-state index in [0.717, 1.165) is 25.2 Å². The number of hydrogen-bond donors (Lipinski definition) is 3. The maximum atomic E-state index is 6.21. The molecule has 0 saturated carbocycles. The highest BCUT2D eigenvalue weighted by Crippen LogP contribution is 2.46. The average molecular weight is 351 g/mol. The molecule has 1 atom stereocenters. The van der Waals surface area contributed by atoms with Crippen LogP contribution in [-0.2, 0) is 11.8 Å². The molecular weight excluding hydrogens is 322 g/mol. The monoisotopic (exact) mass is 351 g/mol. The second-order valence-corrected chi connectivity index (χ2v) is 8.51. The quantitative estimate of drug-likeness (QED) is 0.793. The van der Waals surface area contributed by atoms with Gasteiger partial charge in [-0.3, -0.25) is 0 Å². The van der Waals surface area contributed by atoms with Gasteiger partial charge in [0.2, 0.25) is 5.95 Å². The summed E-state index contributed by atoms with van der Waals surface area (Å²) >= 11 is 0. The molecule has 4 N–H and O–H groups in total. The van der Waals surface area contributed by atoms with E-state index in [9.17, 15) is 0 Å². The number of fused-ring (bicyclic) bond motifs is 4. The molecule has 1 aromatic heterocycles. The smallest absolute Gasteiger partial charge is 0.223 e. The molecule has 2 aromatic rings. The lowest BCUT2D eigenvalue weighted by Crippen LogP contribution is -2.47. The number of hydrogen-bond acceptors (Lipinski definition) is 5. The zero-order chi connectivity index (χ0) is 18.4. The molecule has 1 unspecified atom stereocenters. The first-order valence-electron chi connectivity index (χ1n) is 9.61. The Kier molecular flexibility index (Phi) is 4.24. The van der Waals surface area contributed by atoms with E-state index in [2.05, 4.69) is 46.8 Å². The lowest BCUT2D eigenvalue weighted by atomic mass is 9.64. The molecule has 1 aliphatic carbocycles. The molecule has 5 nitrogen and oxygen atoms in total. The van der Waals surface area contributed by atoms with E-state index < -0.39 is 0 Å². The number of rotatable bonds is 3. The molecule has 0 amide bonds. The molecule has 1 fully saturated rings. The van der Waals surface area contributed by atoms with E-state index in [1.807, 2.05) is 20.0 Å². The minimum atomic E-state index is -0.337. The van der Waals surface area contributed by atoms with Gasteiger partial charge < -0.3 is 16.4 Å². The number of nitrogens with zero attached hydrogens (tertiary/aromatic N) is 2. The molecular formula is C21H29N5. The fraction of sp³-hybridized carbons (Fsp3) is 0.524. The van der Waals surface area contributed by atoms with E-state index in [4.69, 9.17) is 10.7 Å². The summed E-state index contributed by atoms with van der Waals surface area (Å²) in [6, 6.07) is 8.86. The third-order valence-corrected chi connectivity index (χ3v) is 6.17. The molecule has 5 heteroatoms. The Morgan fingerprint density at radius 3 is 2.69 bits per heavy atom. The SMILES string of the molecule is CC(Nc1ncc2c(n1)-c1ccccc1C1(CCNCC1)C2)C(C)(C)N. The van der Waals surface area contributed by atoms with E-state index in [-0.39, 0.29) is 17.0 Å². The van der Waals surface area contributed by atoms with Gasteiger partial charge in [-0.25, -0.2) is 9.97 Å². The van der Waals surface area contributed by atoms with Gasteiger partial charge in [0.05, 0.1) is 5.69 Å². The summed E-state index contributed by atoms with van der Waals surface area (Å²) in [5.41, 5.74) is 11.1. The molecule has 2 heterocycles. The number of benzene rings is 1. The minimum Gasteiger partial charge on any atom is -0.350 e. The summed E-state index contributed by atoms with van der Waals surface area (Å²) in [6.45, 7) is 8.25. The molecule has 138 valence electrons. The van der Waals surface area contributed by atoms with Crippen molar-refractivity contribution in [3.63, 3.8) is 0 Å². The van der Waals surface area contributed by atoms with Crippen LogP contribution >= 0.6 is 0 Å². The first-order chi connectivity index (χ1) is 12.4. The molecule has 1 spiro atoms. The largest absolute Gasteiger partial charge is 0.350 e. The van der Waals surface area contributed by atoms with Crippen molar-refractivity contribution in [3.8, 4) is 11.3 Å². The standard InChI is InChI=1S/C21H29N5/c1-14(20(2,3)22)25-19-24-13-15-12-21(8-10-23-11-9-21)17-7-5-4-6-16(17)18(15)26-19/h4-7,13-14,23H,8-12,22H2,1-3H3,(H,24,25,26). The van der Waals surface area contributed by atoms with E-state index in [1.165, 1.54) is 29.5 Å². The van der Waals surface area contributed by atoms with Crippen LogP contribution in [0.1, 0.15) is 44.7 Å². The number of nitrogens with two attached hydrogens (primary N) is 1. The highest BCUT2D eigenvalue weighted by molar-refractivity contribution is 5.72. The van der Waals surface area contributed by atoms with Crippen LogP contribution in [0.3, 0.4) is 0 Å². The molecule has 1 saturated heterocycles. The molecule has 1 aliphatic heterocycles. The van der Waals surface area contributed by atoms with Crippen LogP contribution in [0.2, 0.25) is 0 Å². The first kappa shape index (κ1) is 17.4. The number of piperidine rings is 1. The molecule has 4 rings (SSSR count). The molecule has 2 aliphatic rings. The zero-order valence-corrected chi connectivity index (χ0v) is 16.0. The Labute approximate surface area is 155 Å². The molecule has 0 radical (unpaired) electrons. The van der Waals surface area contributed by atoms with Crippen LogP contribution in [0.25, 0.3) is 11.3 Å². The highest BCUT2D eigenvalue weighted by Gasteiger charge is 2.40. The third kappa shape index (κ3) is 2.99. The maximum Gasteiger partial charge on any atom is 0.223 e. The van der Waals surface area contributed by atoms with Crippen molar-refractivity contribution in [2.24, 2.45) is 5.73 Å². The van der Waals surface area contributed by atoms with Gasteiger partial charge in [-0.1, -0.05) is 24.3 Å². The van der Waals surface area contributed by atoms with Gasteiger partial charge in [-0.2, -0.15) is 0 Å². The van der Waals surface area contributed by atoms with Gasteiger partial charge in [-0.15, -0.1) is 0 Å². The highest BCUT2D eigenvalue weighted by atomic mass is 15.1. The second-order valence-electron chi connectivity index (χ2n) is 8.51. The van der Waals surface area contributed by atoms with Gasteiger partial charge in [-0.05, 0) is 64.3 Å². The lowest BCUT2D eigenvalue weighted by Gasteiger charge is -2.42. The molecule has 1 aromatic carbocycles. The summed E-state index contributed by atoms with van der Waals surface area (Å²) in [7, 11) is 0. The molecule has 0 bridgehead atoms.